The quantitative estimate of drug-likeness (QED) is 0.629. The van der Waals surface area contributed by atoms with Crippen LogP contribution in [0.1, 0.15) is 51.0 Å². The molecule has 1 unspecified atom stereocenters. The van der Waals surface area contributed by atoms with Crippen molar-refractivity contribution in [2.75, 3.05) is 0 Å². The molecule has 0 heterocycles. The van der Waals surface area contributed by atoms with Gasteiger partial charge in [-0.3, -0.25) is 0 Å². The second kappa shape index (κ2) is 5.86. The average molecular weight is 226 g/mol. The molecule has 2 aromatic rings. The minimum absolute atomic E-state index is 0.723. The van der Waals surface area contributed by atoms with Gasteiger partial charge in [0.25, 0.3) is 0 Å². The van der Waals surface area contributed by atoms with Gasteiger partial charge in [0.05, 0.1) is 0 Å². The highest BCUT2D eigenvalue weighted by atomic mass is 14.2. The fraction of sp³-hybridized carbons (Fsp3) is 0.412. The predicted octanol–water partition coefficient (Wildman–Crippen LogP) is 5.52. The van der Waals surface area contributed by atoms with Crippen LogP contribution in [-0.2, 0) is 0 Å². The molecule has 2 aromatic carbocycles. The van der Waals surface area contributed by atoms with Gasteiger partial charge in [0, 0.05) is 0 Å². The second-order valence-corrected chi connectivity index (χ2v) is 4.82. The number of unbranched alkanes of at least 4 members (excludes halogenated alkanes) is 1. The Labute approximate surface area is 105 Å². The summed E-state index contributed by atoms with van der Waals surface area (Å²) in [7, 11) is 0. The van der Waals surface area contributed by atoms with Crippen LogP contribution in [0.3, 0.4) is 0 Å². The molecule has 0 aliphatic rings. The summed E-state index contributed by atoms with van der Waals surface area (Å²) in [6, 6.07) is 15.5. The topological polar surface area (TPSA) is 0 Å². The summed E-state index contributed by atoms with van der Waals surface area (Å²) in [5.41, 5.74) is 1.54. The Morgan fingerprint density at radius 3 is 2.47 bits per heavy atom. The molecule has 0 heteroatoms. The summed E-state index contributed by atoms with van der Waals surface area (Å²) in [5, 5.41) is 2.82. The van der Waals surface area contributed by atoms with Gasteiger partial charge in [-0.2, -0.15) is 0 Å². The largest absolute Gasteiger partial charge is 0.0654 e. The van der Waals surface area contributed by atoms with Gasteiger partial charge in [0.15, 0.2) is 0 Å². The molecule has 1 atom stereocenters. The van der Waals surface area contributed by atoms with Crippen LogP contribution in [0.15, 0.2) is 42.5 Å². The number of fused-ring (bicyclic) bond motifs is 1. The SMILES string of the molecule is CCCCC(CC)c1cccc2ccccc12. The fourth-order valence-corrected chi connectivity index (χ4v) is 2.64. The van der Waals surface area contributed by atoms with Crippen molar-refractivity contribution in [3.63, 3.8) is 0 Å². The van der Waals surface area contributed by atoms with E-state index in [4.69, 9.17) is 0 Å². The molecule has 0 amide bonds. The molecule has 0 nitrogen and oxygen atoms in total. The lowest BCUT2D eigenvalue weighted by Crippen LogP contribution is -1.98. The highest BCUT2D eigenvalue weighted by Gasteiger charge is 2.11. The number of hydrogen-bond acceptors (Lipinski definition) is 0. The van der Waals surface area contributed by atoms with E-state index in [1.807, 2.05) is 0 Å². The normalized spacial score (nSPS) is 12.8. The third-order valence-corrected chi connectivity index (χ3v) is 3.66. The number of hydrogen-bond donors (Lipinski definition) is 0. The zero-order valence-corrected chi connectivity index (χ0v) is 10.9. The fourth-order valence-electron chi connectivity index (χ4n) is 2.64. The van der Waals surface area contributed by atoms with Crippen molar-refractivity contribution in [3.8, 4) is 0 Å². The van der Waals surface area contributed by atoms with Crippen LogP contribution in [0.2, 0.25) is 0 Å². The van der Waals surface area contributed by atoms with Crippen LogP contribution in [0.5, 0.6) is 0 Å². The van der Waals surface area contributed by atoms with Crippen LogP contribution < -0.4 is 0 Å². The highest BCUT2D eigenvalue weighted by Crippen LogP contribution is 2.31. The van der Waals surface area contributed by atoms with Crippen LogP contribution in [0.4, 0.5) is 0 Å². The smallest absolute Gasteiger partial charge is 0.0149 e. The summed E-state index contributed by atoms with van der Waals surface area (Å²) < 4.78 is 0. The molecule has 0 aliphatic heterocycles. The van der Waals surface area contributed by atoms with Gasteiger partial charge >= 0.3 is 0 Å². The first kappa shape index (κ1) is 12.2. The zero-order chi connectivity index (χ0) is 12.1. The maximum Gasteiger partial charge on any atom is -0.0149 e. The standard InChI is InChI=1S/C17H22/c1-3-5-9-14(4-2)16-13-8-11-15-10-6-7-12-17(15)16/h6-8,10-14H,3-5,9H2,1-2H3. The van der Waals surface area contributed by atoms with E-state index >= 15 is 0 Å². The molecule has 2 rings (SSSR count). The second-order valence-electron chi connectivity index (χ2n) is 4.82. The van der Waals surface area contributed by atoms with Gasteiger partial charge in [0.1, 0.15) is 0 Å². The van der Waals surface area contributed by atoms with Gasteiger partial charge in [-0.1, -0.05) is 69.2 Å². The monoisotopic (exact) mass is 226 g/mol. The van der Waals surface area contributed by atoms with Gasteiger partial charge in [0.2, 0.25) is 0 Å². The van der Waals surface area contributed by atoms with Crippen molar-refractivity contribution in [1.29, 1.82) is 0 Å². The Hall–Kier alpha value is -1.30. The molecule has 0 saturated carbocycles. The molecule has 0 fully saturated rings. The number of benzene rings is 2. The first-order valence-electron chi connectivity index (χ1n) is 6.84. The Balaban J connectivity index is 2.38. The van der Waals surface area contributed by atoms with E-state index < -0.39 is 0 Å². The van der Waals surface area contributed by atoms with Crippen molar-refractivity contribution >= 4 is 10.8 Å². The van der Waals surface area contributed by atoms with E-state index in [2.05, 4.69) is 56.3 Å². The minimum Gasteiger partial charge on any atom is -0.0654 e. The lowest BCUT2D eigenvalue weighted by Gasteiger charge is -2.17. The van der Waals surface area contributed by atoms with Crippen molar-refractivity contribution < 1.29 is 0 Å². The molecule has 0 spiro atoms. The van der Waals surface area contributed by atoms with Crippen LogP contribution in [0.25, 0.3) is 10.8 Å². The number of rotatable bonds is 5. The predicted molar refractivity (Wildman–Crippen MR) is 76.5 cm³/mol. The van der Waals surface area contributed by atoms with Crippen molar-refractivity contribution in [1.82, 2.24) is 0 Å². The molecular weight excluding hydrogens is 204 g/mol. The van der Waals surface area contributed by atoms with Crippen LogP contribution >= 0.6 is 0 Å². The highest BCUT2D eigenvalue weighted by molar-refractivity contribution is 5.86. The molecule has 0 saturated heterocycles. The minimum atomic E-state index is 0.723. The van der Waals surface area contributed by atoms with Gasteiger partial charge in [-0.15, -0.1) is 0 Å². The van der Waals surface area contributed by atoms with E-state index in [-0.39, 0.29) is 0 Å². The van der Waals surface area contributed by atoms with E-state index in [0.717, 1.165) is 5.92 Å². The average Bonchev–Trinajstić information content (AvgIpc) is 2.40. The zero-order valence-electron chi connectivity index (χ0n) is 10.9. The van der Waals surface area contributed by atoms with Crippen molar-refractivity contribution in [3.05, 3.63) is 48.0 Å². The molecule has 0 bridgehead atoms. The molecule has 17 heavy (non-hydrogen) atoms. The van der Waals surface area contributed by atoms with Gasteiger partial charge < -0.3 is 0 Å². The summed E-state index contributed by atoms with van der Waals surface area (Å²) >= 11 is 0. The third kappa shape index (κ3) is 2.69. The van der Waals surface area contributed by atoms with Crippen molar-refractivity contribution in [2.24, 2.45) is 0 Å². The van der Waals surface area contributed by atoms with E-state index in [1.165, 1.54) is 36.5 Å². The molecule has 90 valence electrons. The maximum atomic E-state index is 2.31. The van der Waals surface area contributed by atoms with Gasteiger partial charge in [-0.05, 0) is 35.1 Å². The molecule has 0 N–H and O–H groups in total. The molecule has 0 aliphatic carbocycles. The Morgan fingerprint density at radius 1 is 0.941 bits per heavy atom. The summed E-state index contributed by atoms with van der Waals surface area (Å²) in [6.07, 6.45) is 5.19. The Morgan fingerprint density at radius 2 is 1.71 bits per heavy atom. The van der Waals surface area contributed by atoms with E-state index in [9.17, 15) is 0 Å². The lowest BCUT2D eigenvalue weighted by molar-refractivity contribution is 0.573. The van der Waals surface area contributed by atoms with Crippen LogP contribution in [0, 0.1) is 0 Å². The lowest BCUT2D eigenvalue weighted by atomic mass is 9.88. The molecule has 0 aromatic heterocycles. The van der Waals surface area contributed by atoms with Crippen molar-refractivity contribution in [2.45, 2.75) is 45.4 Å². The maximum absolute atomic E-state index is 2.31. The Kier molecular flexibility index (Phi) is 4.19. The van der Waals surface area contributed by atoms with Crippen LogP contribution in [-0.4, -0.2) is 0 Å². The summed E-state index contributed by atoms with van der Waals surface area (Å²) in [6.45, 7) is 4.58. The van der Waals surface area contributed by atoms with E-state index in [0.29, 0.717) is 0 Å². The molecular formula is C17H22. The summed E-state index contributed by atoms with van der Waals surface area (Å²) in [5.74, 6) is 0.723. The molecule has 0 radical (unpaired) electrons. The van der Waals surface area contributed by atoms with E-state index in [1.54, 1.807) is 5.56 Å². The van der Waals surface area contributed by atoms with Gasteiger partial charge in [-0.25, -0.2) is 0 Å². The third-order valence-electron chi connectivity index (χ3n) is 3.66. The first-order valence-corrected chi connectivity index (χ1v) is 6.84. The Bertz CT molecular complexity index is 465. The first-order chi connectivity index (χ1) is 8.36. The summed E-state index contributed by atoms with van der Waals surface area (Å²) in [4.78, 5) is 0.